The van der Waals surface area contributed by atoms with Crippen LogP contribution in [0.25, 0.3) is 0 Å². The molecule has 1 unspecified atom stereocenters. The van der Waals surface area contributed by atoms with Crippen LogP contribution in [0.1, 0.15) is 83.2 Å². The Kier molecular flexibility index (Phi) is 6.23. The van der Waals surface area contributed by atoms with Crippen molar-refractivity contribution in [2.24, 2.45) is 12.5 Å². The molecule has 0 radical (unpaired) electrons. The molecule has 2 saturated carbocycles. The monoisotopic (exact) mass is 447 g/mol. The number of sulfonamides is 1. The molecule has 2 heterocycles. The molecule has 0 bridgehead atoms. The van der Waals surface area contributed by atoms with Crippen molar-refractivity contribution >= 4 is 16.0 Å². The van der Waals surface area contributed by atoms with Crippen molar-refractivity contribution in [1.29, 1.82) is 0 Å². The number of ether oxygens (including phenoxy) is 1. The van der Waals surface area contributed by atoms with Crippen LogP contribution in [-0.2, 0) is 17.1 Å². The Morgan fingerprint density at radius 3 is 2.52 bits per heavy atom. The smallest absolute Gasteiger partial charge is 0.267 e. The predicted octanol–water partition coefficient (Wildman–Crippen LogP) is 4.41. The van der Waals surface area contributed by atoms with Gasteiger partial charge < -0.3 is 4.74 Å². The summed E-state index contributed by atoms with van der Waals surface area (Å²) >= 11 is 0. The quantitative estimate of drug-likeness (QED) is 0.704. The van der Waals surface area contributed by atoms with Crippen molar-refractivity contribution in [1.82, 2.24) is 19.7 Å². The summed E-state index contributed by atoms with van der Waals surface area (Å²) in [5, 5.41) is 3.96. The molecule has 0 saturated heterocycles. The van der Waals surface area contributed by atoms with E-state index in [-0.39, 0.29) is 28.3 Å². The number of rotatable bonds is 6. The van der Waals surface area contributed by atoms with Crippen molar-refractivity contribution in [3.63, 3.8) is 0 Å². The maximum Gasteiger partial charge on any atom is 0.267 e. The predicted molar refractivity (Wildman–Crippen MR) is 119 cm³/mol. The number of anilines is 1. The van der Waals surface area contributed by atoms with Gasteiger partial charge in [0.1, 0.15) is 11.0 Å². The van der Waals surface area contributed by atoms with Crippen LogP contribution in [0, 0.1) is 5.41 Å². The minimum absolute atomic E-state index is 0.0635. The van der Waals surface area contributed by atoms with E-state index < -0.39 is 10.0 Å². The number of nitrogens with one attached hydrogen (secondary N) is 1. The number of hydrogen-bond donors (Lipinski definition) is 1. The summed E-state index contributed by atoms with van der Waals surface area (Å²) in [4.78, 5) is 9.17. The summed E-state index contributed by atoms with van der Waals surface area (Å²) < 4.78 is 35.9. The second kappa shape index (κ2) is 8.76. The zero-order chi connectivity index (χ0) is 22.1. The van der Waals surface area contributed by atoms with E-state index in [1.165, 1.54) is 29.9 Å². The average molecular weight is 448 g/mol. The van der Waals surface area contributed by atoms with Crippen LogP contribution < -0.4 is 9.46 Å². The summed E-state index contributed by atoms with van der Waals surface area (Å²) in [6.07, 6.45) is 13.0. The lowest BCUT2D eigenvalue weighted by atomic mass is 9.67. The summed E-state index contributed by atoms with van der Waals surface area (Å²) in [5.74, 6) is 0.760. The van der Waals surface area contributed by atoms with Crippen LogP contribution in [-0.4, -0.2) is 34.3 Å². The molecule has 1 N–H and O–H groups in total. The molecule has 1 atom stereocenters. The Morgan fingerprint density at radius 1 is 1.10 bits per heavy atom. The van der Waals surface area contributed by atoms with E-state index in [0.29, 0.717) is 5.88 Å². The molecule has 2 aromatic rings. The van der Waals surface area contributed by atoms with E-state index in [2.05, 4.69) is 33.6 Å². The Bertz CT molecular complexity index is 1010. The first kappa shape index (κ1) is 22.0. The van der Waals surface area contributed by atoms with Gasteiger partial charge in [-0.15, -0.1) is 0 Å². The zero-order valence-corrected chi connectivity index (χ0v) is 19.5. The van der Waals surface area contributed by atoms with Crippen molar-refractivity contribution < 1.29 is 13.2 Å². The van der Waals surface area contributed by atoms with E-state index in [0.717, 1.165) is 50.6 Å². The van der Waals surface area contributed by atoms with E-state index in [9.17, 15) is 8.42 Å². The molecule has 2 aliphatic carbocycles. The summed E-state index contributed by atoms with van der Waals surface area (Å²) in [5.41, 5.74) is 0.947. The Hall–Kier alpha value is -2.16. The van der Waals surface area contributed by atoms with Crippen molar-refractivity contribution in [2.75, 3.05) is 4.72 Å². The van der Waals surface area contributed by atoms with E-state index >= 15 is 0 Å². The lowest BCUT2D eigenvalue weighted by Gasteiger charge is -2.38. The van der Waals surface area contributed by atoms with Gasteiger partial charge in [0.05, 0.1) is 11.9 Å². The fourth-order valence-corrected chi connectivity index (χ4v) is 5.77. The van der Waals surface area contributed by atoms with Gasteiger partial charge >= 0.3 is 0 Å². The maximum atomic E-state index is 12.8. The van der Waals surface area contributed by atoms with Crippen LogP contribution in [0.2, 0.25) is 0 Å². The second-order valence-corrected chi connectivity index (χ2v) is 11.3. The van der Waals surface area contributed by atoms with Gasteiger partial charge in [-0.3, -0.25) is 4.68 Å². The number of aryl methyl sites for hydroxylation is 1. The molecular formula is C22H33N5O3S. The molecule has 0 aromatic carbocycles. The number of hydrogen-bond acceptors (Lipinski definition) is 6. The molecule has 0 amide bonds. The third kappa shape index (κ3) is 5.19. The molecule has 0 aliphatic heterocycles. The van der Waals surface area contributed by atoms with Gasteiger partial charge in [0.15, 0.2) is 0 Å². The molecule has 2 aliphatic rings. The lowest BCUT2D eigenvalue weighted by molar-refractivity contribution is 0.147. The fraction of sp³-hybridized carbons (Fsp3) is 0.682. The molecular weight excluding hydrogens is 414 g/mol. The summed E-state index contributed by atoms with van der Waals surface area (Å²) in [6, 6.07) is 1.92. The largest absolute Gasteiger partial charge is 0.474 e. The fourth-order valence-electron chi connectivity index (χ4n) is 4.84. The second-order valence-electron chi connectivity index (χ2n) is 9.57. The van der Waals surface area contributed by atoms with Gasteiger partial charge in [0, 0.05) is 25.2 Å². The molecule has 4 rings (SSSR count). The third-order valence-corrected chi connectivity index (χ3v) is 7.93. The first-order chi connectivity index (χ1) is 14.7. The molecule has 31 heavy (non-hydrogen) atoms. The molecule has 170 valence electrons. The SMILES string of the molecule is Cn1cc(S(=O)(=O)Nc2nc(OC3CCCCC3)cc(C3CCCCC3(C)C)n2)cn1. The number of aromatic nitrogens is 4. The van der Waals surface area contributed by atoms with E-state index in [1.807, 2.05) is 6.07 Å². The van der Waals surface area contributed by atoms with Gasteiger partial charge in [0.2, 0.25) is 11.8 Å². The third-order valence-electron chi connectivity index (χ3n) is 6.64. The minimum atomic E-state index is -3.83. The molecule has 2 fully saturated rings. The Labute approximate surface area is 184 Å². The maximum absolute atomic E-state index is 12.8. The Morgan fingerprint density at radius 2 is 1.84 bits per heavy atom. The topological polar surface area (TPSA) is 99.0 Å². The van der Waals surface area contributed by atoms with Gasteiger partial charge in [0.25, 0.3) is 10.0 Å². The van der Waals surface area contributed by atoms with Crippen LogP contribution in [0.5, 0.6) is 5.88 Å². The normalized spacial score (nSPS) is 22.2. The van der Waals surface area contributed by atoms with E-state index in [1.54, 1.807) is 7.05 Å². The highest BCUT2D eigenvalue weighted by Crippen LogP contribution is 2.46. The van der Waals surface area contributed by atoms with Gasteiger partial charge in [-0.05, 0) is 43.9 Å². The minimum Gasteiger partial charge on any atom is -0.474 e. The lowest BCUT2D eigenvalue weighted by Crippen LogP contribution is -2.28. The van der Waals surface area contributed by atoms with Gasteiger partial charge in [-0.25, -0.2) is 18.1 Å². The molecule has 9 heteroatoms. The van der Waals surface area contributed by atoms with Crippen LogP contribution >= 0.6 is 0 Å². The average Bonchev–Trinajstić information content (AvgIpc) is 3.15. The van der Waals surface area contributed by atoms with Crippen LogP contribution in [0.4, 0.5) is 5.95 Å². The summed E-state index contributed by atoms with van der Waals surface area (Å²) in [7, 11) is -2.15. The number of nitrogens with zero attached hydrogens (tertiary/aromatic N) is 4. The highest BCUT2D eigenvalue weighted by molar-refractivity contribution is 7.92. The Balaban J connectivity index is 1.66. The van der Waals surface area contributed by atoms with Crippen LogP contribution in [0.3, 0.4) is 0 Å². The standard InChI is InChI=1S/C22H33N5O3S/c1-22(2)12-8-7-11-18(22)19-13-20(30-16-9-5-4-6-10-16)25-21(24-19)26-31(28,29)17-14-23-27(3)15-17/h13-16,18H,4-12H2,1-3H3,(H,24,25,26). The van der Waals surface area contributed by atoms with Crippen LogP contribution in [0.15, 0.2) is 23.4 Å². The van der Waals surface area contributed by atoms with Gasteiger partial charge in [-0.2, -0.15) is 10.1 Å². The molecule has 0 spiro atoms. The van der Waals surface area contributed by atoms with Gasteiger partial charge in [-0.1, -0.05) is 33.1 Å². The highest BCUT2D eigenvalue weighted by atomic mass is 32.2. The van der Waals surface area contributed by atoms with Crippen molar-refractivity contribution in [3.05, 3.63) is 24.2 Å². The molecule has 2 aromatic heterocycles. The van der Waals surface area contributed by atoms with Crippen molar-refractivity contribution in [3.8, 4) is 5.88 Å². The first-order valence-corrected chi connectivity index (χ1v) is 12.8. The zero-order valence-electron chi connectivity index (χ0n) is 18.7. The first-order valence-electron chi connectivity index (χ1n) is 11.3. The van der Waals surface area contributed by atoms with Crippen molar-refractivity contribution in [2.45, 2.75) is 88.6 Å². The van der Waals surface area contributed by atoms with E-state index in [4.69, 9.17) is 4.74 Å². The molecule has 8 nitrogen and oxygen atoms in total. The summed E-state index contributed by atoms with van der Waals surface area (Å²) in [6.45, 7) is 4.53. The highest BCUT2D eigenvalue weighted by Gasteiger charge is 2.35.